The summed E-state index contributed by atoms with van der Waals surface area (Å²) in [6, 6.07) is 8.32. The minimum atomic E-state index is 1.08. The van der Waals surface area contributed by atoms with Crippen LogP contribution in [0.1, 0.15) is 24.5 Å². The maximum atomic E-state index is 3.73. The van der Waals surface area contributed by atoms with E-state index in [2.05, 4.69) is 43.9 Å². The van der Waals surface area contributed by atoms with Crippen LogP contribution in [-0.4, -0.2) is 0 Å². The summed E-state index contributed by atoms with van der Waals surface area (Å²) in [5.41, 5.74) is 2.42. The maximum absolute atomic E-state index is 3.73. The third-order valence-electron chi connectivity index (χ3n) is 1.69. The predicted octanol–water partition coefficient (Wildman–Crippen LogP) is 3.75. The Morgan fingerprint density at radius 1 is 1.33 bits per heavy atom. The van der Waals surface area contributed by atoms with Crippen LogP contribution >= 0.6 is 0 Å². The zero-order valence-electron chi connectivity index (χ0n) is 7.46. The largest absolute Gasteiger partial charge is 0.0985 e. The molecule has 0 unspecified atom stereocenters. The number of allylic oxidation sites excluding steroid dienone is 1. The molecule has 12 heavy (non-hydrogen) atoms. The molecule has 0 atom stereocenters. The molecule has 1 aromatic rings. The SMILES string of the molecule is C=Cc1cccc(/C=C/CC)c1. The molecule has 0 aliphatic rings. The van der Waals surface area contributed by atoms with Crippen molar-refractivity contribution in [2.24, 2.45) is 0 Å². The first-order valence-corrected chi connectivity index (χ1v) is 4.26. The number of hydrogen-bond acceptors (Lipinski definition) is 0. The normalized spacial score (nSPS) is 10.4. The Balaban J connectivity index is 2.86. The number of benzene rings is 1. The van der Waals surface area contributed by atoms with Gasteiger partial charge < -0.3 is 0 Å². The topological polar surface area (TPSA) is 0 Å². The van der Waals surface area contributed by atoms with E-state index in [1.54, 1.807) is 0 Å². The highest BCUT2D eigenvalue weighted by molar-refractivity contribution is 5.56. The van der Waals surface area contributed by atoms with Crippen LogP contribution in [0.15, 0.2) is 36.9 Å². The summed E-state index contributed by atoms with van der Waals surface area (Å²) in [7, 11) is 0. The molecule has 0 bridgehead atoms. The Hall–Kier alpha value is -1.30. The van der Waals surface area contributed by atoms with Gasteiger partial charge in [-0.15, -0.1) is 0 Å². The third-order valence-corrected chi connectivity index (χ3v) is 1.69. The lowest BCUT2D eigenvalue weighted by Gasteiger charge is -1.95. The van der Waals surface area contributed by atoms with Gasteiger partial charge in [-0.3, -0.25) is 0 Å². The minimum absolute atomic E-state index is 1.08. The van der Waals surface area contributed by atoms with Gasteiger partial charge in [0.1, 0.15) is 0 Å². The molecule has 1 aromatic carbocycles. The summed E-state index contributed by atoms with van der Waals surface area (Å²) in [6.45, 7) is 5.86. The summed E-state index contributed by atoms with van der Waals surface area (Å²) >= 11 is 0. The predicted molar refractivity (Wildman–Crippen MR) is 55.9 cm³/mol. The minimum Gasteiger partial charge on any atom is -0.0985 e. The lowest BCUT2D eigenvalue weighted by atomic mass is 10.1. The summed E-state index contributed by atoms with van der Waals surface area (Å²) < 4.78 is 0. The molecule has 0 spiro atoms. The molecule has 0 aromatic heterocycles. The van der Waals surface area contributed by atoms with Crippen molar-refractivity contribution in [2.45, 2.75) is 13.3 Å². The zero-order valence-corrected chi connectivity index (χ0v) is 7.46. The van der Waals surface area contributed by atoms with Gasteiger partial charge in [0.05, 0.1) is 0 Å². The van der Waals surface area contributed by atoms with Crippen molar-refractivity contribution in [3.63, 3.8) is 0 Å². The first-order chi connectivity index (χ1) is 5.86. The van der Waals surface area contributed by atoms with Crippen molar-refractivity contribution < 1.29 is 0 Å². The van der Waals surface area contributed by atoms with Crippen LogP contribution in [0, 0.1) is 0 Å². The first kappa shape index (κ1) is 8.79. The first-order valence-electron chi connectivity index (χ1n) is 4.26. The van der Waals surface area contributed by atoms with Crippen LogP contribution < -0.4 is 0 Å². The number of rotatable bonds is 3. The molecule has 0 heterocycles. The van der Waals surface area contributed by atoms with Gasteiger partial charge in [-0.25, -0.2) is 0 Å². The second kappa shape index (κ2) is 4.55. The molecule has 0 aliphatic heterocycles. The van der Waals surface area contributed by atoms with Gasteiger partial charge in [0.25, 0.3) is 0 Å². The van der Waals surface area contributed by atoms with Crippen LogP contribution in [0.4, 0.5) is 0 Å². The fourth-order valence-corrected chi connectivity index (χ4v) is 1.04. The van der Waals surface area contributed by atoms with E-state index in [0.29, 0.717) is 0 Å². The van der Waals surface area contributed by atoms with Gasteiger partial charge in [-0.05, 0) is 23.6 Å². The van der Waals surface area contributed by atoms with Crippen molar-refractivity contribution in [1.29, 1.82) is 0 Å². The quantitative estimate of drug-likeness (QED) is 0.628. The van der Waals surface area contributed by atoms with Crippen molar-refractivity contribution in [2.75, 3.05) is 0 Å². The Kier molecular flexibility index (Phi) is 3.34. The smallest absolute Gasteiger partial charge is 0.0254 e. The zero-order chi connectivity index (χ0) is 8.81. The maximum Gasteiger partial charge on any atom is -0.0254 e. The van der Waals surface area contributed by atoms with Crippen molar-refractivity contribution in [3.8, 4) is 0 Å². The van der Waals surface area contributed by atoms with E-state index in [9.17, 15) is 0 Å². The molecule has 0 nitrogen and oxygen atoms in total. The second-order valence-corrected chi connectivity index (χ2v) is 2.68. The molecule has 0 radical (unpaired) electrons. The van der Waals surface area contributed by atoms with Crippen molar-refractivity contribution >= 4 is 12.2 Å². The van der Waals surface area contributed by atoms with Gasteiger partial charge in [0, 0.05) is 0 Å². The highest BCUT2D eigenvalue weighted by Gasteiger charge is 1.86. The van der Waals surface area contributed by atoms with Crippen LogP contribution in [0.2, 0.25) is 0 Å². The van der Waals surface area contributed by atoms with Crippen LogP contribution in [0.3, 0.4) is 0 Å². The average molecular weight is 158 g/mol. The van der Waals surface area contributed by atoms with E-state index in [1.807, 2.05) is 12.1 Å². The van der Waals surface area contributed by atoms with E-state index < -0.39 is 0 Å². The molecule has 0 aliphatic carbocycles. The molecular formula is C12H14. The van der Waals surface area contributed by atoms with Crippen molar-refractivity contribution in [1.82, 2.24) is 0 Å². The fraction of sp³-hybridized carbons (Fsp3) is 0.167. The average Bonchev–Trinajstić information content (AvgIpc) is 2.15. The molecular weight excluding hydrogens is 144 g/mol. The second-order valence-electron chi connectivity index (χ2n) is 2.68. The summed E-state index contributed by atoms with van der Waals surface area (Å²) in [5, 5.41) is 0. The standard InChI is InChI=1S/C12H14/c1-3-5-7-12-9-6-8-11(4-2)10-12/h4-10H,2-3H2,1H3/b7-5+. The van der Waals surface area contributed by atoms with Crippen molar-refractivity contribution in [3.05, 3.63) is 48.0 Å². The molecule has 0 saturated heterocycles. The van der Waals surface area contributed by atoms with Gasteiger partial charge in [0.15, 0.2) is 0 Å². The van der Waals surface area contributed by atoms with Crippen LogP contribution in [0.25, 0.3) is 12.2 Å². The Morgan fingerprint density at radius 3 is 2.75 bits per heavy atom. The fourth-order valence-electron chi connectivity index (χ4n) is 1.04. The highest BCUT2D eigenvalue weighted by Crippen LogP contribution is 2.08. The summed E-state index contributed by atoms with van der Waals surface area (Å²) in [4.78, 5) is 0. The van der Waals surface area contributed by atoms with Gasteiger partial charge in [-0.2, -0.15) is 0 Å². The van der Waals surface area contributed by atoms with E-state index in [4.69, 9.17) is 0 Å². The van der Waals surface area contributed by atoms with Gasteiger partial charge in [0.2, 0.25) is 0 Å². The number of hydrogen-bond donors (Lipinski definition) is 0. The Bertz CT molecular complexity index is 282. The molecule has 0 N–H and O–H groups in total. The molecule has 0 saturated carbocycles. The van der Waals surface area contributed by atoms with E-state index in [0.717, 1.165) is 6.42 Å². The Labute approximate surface area is 74.2 Å². The van der Waals surface area contributed by atoms with E-state index in [-0.39, 0.29) is 0 Å². The molecule has 62 valence electrons. The van der Waals surface area contributed by atoms with Gasteiger partial charge >= 0.3 is 0 Å². The van der Waals surface area contributed by atoms with E-state index in [1.165, 1.54) is 11.1 Å². The molecule has 0 heteroatoms. The summed E-state index contributed by atoms with van der Waals surface area (Å²) in [6.07, 6.45) is 7.23. The molecule has 0 fully saturated rings. The van der Waals surface area contributed by atoms with Gasteiger partial charge in [-0.1, -0.05) is 49.9 Å². The van der Waals surface area contributed by atoms with Crippen LogP contribution in [-0.2, 0) is 0 Å². The van der Waals surface area contributed by atoms with E-state index >= 15 is 0 Å². The summed E-state index contributed by atoms with van der Waals surface area (Å²) in [5.74, 6) is 0. The highest BCUT2D eigenvalue weighted by atomic mass is 13.9. The Morgan fingerprint density at radius 2 is 2.08 bits per heavy atom. The lowest BCUT2D eigenvalue weighted by molar-refractivity contribution is 1.23. The monoisotopic (exact) mass is 158 g/mol. The lowest BCUT2D eigenvalue weighted by Crippen LogP contribution is -1.74. The molecule has 0 amide bonds. The third kappa shape index (κ3) is 2.39. The van der Waals surface area contributed by atoms with Crippen LogP contribution in [0.5, 0.6) is 0 Å². The molecule has 1 rings (SSSR count).